The lowest BCUT2D eigenvalue weighted by Crippen LogP contribution is -2.41. The van der Waals surface area contributed by atoms with Crippen LogP contribution < -0.4 is 5.46 Å². The maximum absolute atomic E-state index is 6.14. The predicted molar refractivity (Wildman–Crippen MR) is 122 cm³/mol. The van der Waals surface area contributed by atoms with Crippen LogP contribution in [0.1, 0.15) is 33.3 Å². The molecule has 146 valence electrons. The van der Waals surface area contributed by atoms with E-state index in [1.165, 1.54) is 0 Å². The molecule has 0 aliphatic carbocycles. The Bertz CT molecular complexity index is 1090. The second-order valence-corrected chi connectivity index (χ2v) is 8.34. The molecule has 2 heterocycles. The summed E-state index contributed by atoms with van der Waals surface area (Å²) in [7, 11) is -0.370. The molecular formula is C24H25BN2O2. The summed E-state index contributed by atoms with van der Waals surface area (Å²) < 4.78 is 12.3. The zero-order valence-corrected chi connectivity index (χ0v) is 17.4. The molecule has 0 bridgehead atoms. The summed E-state index contributed by atoms with van der Waals surface area (Å²) >= 11 is 0. The SMILES string of the molecule is C=Cc1ccc2ccc(-c3ccc(B4OC(C)(C)C(C)(C)O4)cc3)nc2c1N=C. The average molecular weight is 384 g/mol. The molecule has 1 fully saturated rings. The lowest BCUT2D eigenvalue weighted by Gasteiger charge is -2.32. The van der Waals surface area contributed by atoms with Crippen molar-refractivity contribution in [2.75, 3.05) is 0 Å². The van der Waals surface area contributed by atoms with Gasteiger partial charge in [0.05, 0.1) is 28.1 Å². The van der Waals surface area contributed by atoms with Crippen molar-refractivity contribution >= 4 is 42.0 Å². The molecule has 0 amide bonds. The van der Waals surface area contributed by atoms with Gasteiger partial charge in [-0.2, -0.15) is 0 Å². The first kappa shape index (κ1) is 19.6. The Hall–Kier alpha value is -2.76. The molecule has 1 aliphatic heterocycles. The molecule has 0 saturated carbocycles. The van der Waals surface area contributed by atoms with Crippen LogP contribution in [-0.4, -0.2) is 30.0 Å². The van der Waals surface area contributed by atoms with Crippen molar-refractivity contribution in [3.05, 3.63) is 60.7 Å². The maximum atomic E-state index is 6.14. The fraction of sp³-hybridized carbons (Fsp3) is 0.250. The summed E-state index contributed by atoms with van der Waals surface area (Å²) in [6.45, 7) is 15.8. The minimum atomic E-state index is -0.370. The van der Waals surface area contributed by atoms with E-state index in [1.54, 1.807) is 6.08 Å². The largest absolute Gasteiger partial charge is 0.494 e. The molecule has 4 rings (SSSR count). The van der Waals surface area contributed by atoms with Crippen LogP contribution in [0.4, 0.5) is 5.69 Å². The predicted octanol–water partition coefficient (Wildman–Crippen LogP) is 5.18. The van der Waals surface area contributed by atoms with E-state index in [2.05, 4.69) is 52.1 Å². The molecule has 5 heteroatoms. The number of pyridine rings is 1. The minimum absolute atomic E-state index is 0.354. The molecule has 0 N–H and O–H groups in total. The number of aromatic nitrogens is 1. The van der Waals surface area contributed by atoms with Crippen molar-refractivity contribution in [3.8, 4) is 11.3 Å². The van der Waals surface area contributed by atoms with E-state index in [1.807, 2.05) is 42.5 Å². The van der Waals surface area contributed by atoms with Gasteiger partial charge in [-0.05, 0) is 45.9 Å². The number of hydrogen-bond donors (Lipinski definition) is 0. The molecule has 0 radical (unpaired) electrons. The van der Waals surface area contributed by atoms with Crippen LogP contribution >= 0.6 is 0 Å². The average Bonchev–Trinajstić information content (AvgIpc) is 2.93. The van der Waals surface area contributed by atoms with E-state index >= 15 is 0 Å². The van der Waals surface area contributed by atoms with Crippen LogP contribution in [0.3, 0.4) is 0 Å². The lowest BCUT2D eigenvalue weighted by atomic mass is 9.79. The normalized spacial score (nSPS) is 17.4. The first-order valence-corrected chi connectivity index (χ1v) is 9.75. The van der Waals surface area contributed by atoms with Crippen molar-refractivity contribution in [2.24, 2.45) is 4.99 Å². The highest BCUT2D eigenvalue weighted by Gasteiger charge is 2.51. The second kappa shape index (κ2) is 6.94. The van der Waals surface area contributed by atoms with Crippen molar-refractivity contribution in [2.45, 2.75) is 38.9 Å². The van der Waals surface area contributed by atoms with Gasteiger partial charge < -0.3 is 9.31 Å². The number of aliphatic imine (C=N–C) groups is 1. The first-order valence-electron chi connectivity index (χ1n) is 9.75. The summed E-state index contributed by atoms with van der Waals surface area (Å²) in [5.74, 6) is 0. The molecule has 0 unspecified atom stereocenters. The van der Waals surface area contributed by atoms with Crippen LogP contribution in [0.25, 0.3) is 28.2 Å². The van der Waals surface area contributed by atoms with Gasteiger partial charge in [0.25, 0.3) is 0 Å². The molecular weight excluding hydrogens is 359 g/mol. The molecule has 3 aromatic rings. The number of rotatable bonds is 4. The molecule has 1 aromatic heterocycles. The third-order valence-electron chi connectivity index (χ3n) is 5.98. The Morgan fingerprint density at radius 3 is 2.14 bits per heavy atom. The van der Waals surface area contributed by atoms with Gasteiger partial charge in [-0.3, -0.25) is 4.99 Å². The molecule has 29 heavy (non-hydrogen) atoms. The van der Waals surface area contributed by atoms with Gasteiger partial charge in [0.2, 0.25) is 0 Å². The molecule has 2 aromatic carbocycles. The Morgan fingerprint density at radius 1 is 0.931 bits per heavy atom. The molecule has 1 aliphatic rings. The highest BCUT2D eigenvalue weighted by atomic mass is 16.7. The van der Waals surface area contributed by atoms with Crippen LogP contribution in [0.15, 0.2) is 60.1 Å². The zero-order valence-electron chi connectivity index (χ0n) is 17.4. The summed E-state index contributed by atoms with van der Waals surface area (Å²) in [5.41, 5.74) is 4.69. The lowest BCUT2D eigenvalue weighted by molar-refractivity contribution is 0.00578. The van der Waals surface area contributed by atoms with E-state index in [9.17, 15) is 0 Å². The summed E-state index contributed by atoms with van der Waals surface area (Å²) in [5, 5.41) is 1.02. The molecule has 0 spiro atoms. The summed E-state index contributed by atoms with van der Waals surface area (Å²) in [6.07, 6.45) is 1.77. The minimum Gasteiger partial charge on any atom is -0.399 e. The summed E-state index contributed by atoms with van der Waals surface area (Å²) in [6, 6.07) is 16.3. The van der Waals surface area contributed by atoms with Gasteiger partial charge in [0.1, 0.15) is 0 Å². The van der Waals surface area contributed by atoms with Crippen molar-refractivity contribution in [3.63, 3.8) is 0 Å². The molecule has 4 nitrogen and oxygen atoms in total. The number of hydrogen-bond acceptors (Lipinski definition) is 4. The first-order chi connectivity index (χ1) is 13.8. The van der Waals surface area contributed by atoms with E-state index < -0.39 is 0 Å². The van der Waals surface area contributed by atoms with Crippen molar-refractivity contribution < 1.29 is 9.31 Å². The van der Waals surface area contributed by atoms with Gasteiger partial charge in [-0.15, -0.1) is 0 Å². The van der Waals surface area contributed by atoms with E-state index in [0.717, 1.165) is 38.9 Å². The van der Waals surface area contributed by atoms with Gasteiger partial charge in [-0.25, -0.2) is 4.98 Å². The highest BCUT2D eigenvalue weighted by molar-refractivity contribution is 6.62. The Morgan fingerprint density at radius 2 is 1.55 bits per heavy atom. The number of fused-ring (bicyclic) bond motifs is 1. The zero-order chi connectivity index (χ0) is 20.8. The topological polar surface area (TPSA) is 43.7 Å². The van der Waals surface area contributed by atoms with Crippen LogP contribution in [0.5, 0.6) is 0 Å². The van der Waals surface area contributed by atoms with Crippen LogP contribution in [0.2, 0.25) is 0 Å². The fourth-order valence-corrected chi connectivity index (χ4v) is 3.47. The highest BCUT2D eigenvalue weighted by Crippen LogP contribution is 2.36. The standard InChI is InChI=1S/C24H25BN2O2/c1-7-16-8-9-18-12-15-20(27-22(18)21(16)26-6)17-10-13-19(14-11-17)25-28-23(2,3)24(4,5)29-25/h7-15H,1,6H2,2-5H3. The van der Waals surface area contributed by atoms with Gasteiger partial charge >= 0.3 is 7.12 Å². The Labute approximate surface area is 172 Å². The van der Waals surface area contributed by atoms with Gasteiger partial charge in [-0.1, -0.05) is 55.1 Å². The Kier molecular flexibility index (Phi) is 4.68. The van der Waals surface area contributed by atoms with Crippen molar-refractivity contribution in [1.29, 1.82) is 0 Å². The molecule has 1 saturated heterocycles. The second-order valence-electron chi connectivity index (χ2n) is 8.34. The van der Waals surface area contributed by atoms with Crippen LogP contribution in [-0.2, 0) is 9.31 Å². The third kappa shape index (κ3) is 3.30. The third-order valence-corrected chi connectivity index (χ3v) is 5.98. The summed E-state index contributed by atoms with van der Waals surface area (Å²) in [4.78, 5) is 9.04. The van der Waals surface area contributed by atoms with E-state index in [4.69, 9.17) is 14.3 Å². The fourth-order valence-electron chi connectivity index (χ4n) is 3.47. The number of nitrogens with zero attached hydrogens (tertiary/aromatic N) is 2. The van der Waals surface area contributed by atoms with Gasteiger partial charge in [0, 0.05) is 16.5 Å². The smallest absolute Gasteiger partial charge is 0.399 e. The van der Waals surface area contributed by atoms with E-state index in [0.29, 0.717) is 0 Å². The molecule has 0 atom stereocenters. The van der Waals surface area contributed by atoms with Gasteiger partial charge in [0.15, 0.2) is 0 Å². The quantitative estimate of drug-likeness (QED) is 0.460. The van der Waals surface area contributed by atoms with E-state index in [-0.39, 0.29) is 18.3 Å². The monoisotopic (exact) mass is 384 g/mol. The number of benzene rings is 2. The maximum Gasteiger partial charge on any atom is 0.494 e. The van der Waals surface area contributed by atoms with Crippen LogP contribution in [0, 0.1) is 0 Å². The van der Waals surface area contributed by atoms with Crippen molar-refractivity contribution in [1.82, 2.24) is 4.98 Å². The Balaban J connectivity index is 1.68.